The van der Waals surface area contributed by atoms with Crippen LogP contribution in [0.3, 0.4) is 0 Å². The molecule has 0 spiro atoms. The average Bonchev–Trinajstić information content (AvgIpc) is 3.16. The van der Waals surface area contributed by atoms with Gasteiger partial charge in [-0.05, 0) is 72.1 Å². The molecule has 6 nitrogen and oxygen atoms in total. The smallest absolute Gasteiger partial charge is 0.455 e. The molecule has 0 radical (unpaired) electrons. The van der Waals surface area contributed by atoms with Crippen LogP contribution in [0, 0.1) is 17.8 Å². The van der Waals surface area contributed by atoms with E-state index in [1.165, 1.54) is 4.90 Å². The third-order valence-electron chi connectivity index (χ3n) is 8.76. The maximum Gasteiger partial charge on any atom is 0.455 e. The summed E-state index contributed by atoms with van der Waals surface area (Å²) in [6.07, 6.45) is 4.03. The standard InChI is InChI=1S/C32H32BNO5/c1-19-16-25-30(32(37)34(2)31(25)36)26-18-33(38)39-28(29(19)26)15-13-21(20-8-4-3-5-9-20)17-22-12-14-27(35)24-11-7-6-10-23(22)24/h3-12,14,17,25-26,28,30,35,38H,13,15-16,18H2,1-2H3/b21-17-/t25-,26+,28-,30-/m1/s1. The van der Waals surface area contributed by atoms with Crippen molar-refractivity contribution in [1.82, 2.24) is 4.90 Å². The number of aromatic hydroxyl groups is 1. The number of imide groups is 1. The van der Waals surface area contributed by atoms with Crippen molar-refractivity contribution < 1.29 is 24.4 Å². The Hall–Kier alpha value is -3.68. The molecule has 3 aromatic rings. The molecule has 2 aliphatic heterocycles. The molecular formula is C32H32BNO5. The first-order valence-electron chi connectivity index (χ1n) is 13.6. The number of likely N-dealkylation sites (tertiary alicyclic amines) is 1. The van der Waals surface area contributed by atoms with Crippen LogP contribution >= 0.6 is 0 Å². The highest BCUT2D eigenvalue weighted by atomic mass is 16.5. The van der Waals surface area contributed by atoms with Gasteiger partial charge >= 0.3 is 7.12 Å². The Balaban J connectivity index is 1.34. The molecule has 2 saturated heterocycles. The Kier molecular flexibility index (Phi) is 6.65. The van der Waals surface area contributed by atoms with Crippen LogP contribution in [0.25, 0.3) is 22.4 Å². The number of hydrogen-bond acceptors (Lipinski definition) is 5. The molecule has 4 atom stereocenters. The zero-order chi connectivity index (χ0) is 27.3. The van der Waals surface area contributed by atoms with Gasteiger partial charge in [0.2, 0.25) is 11.8 Å². The molecule has 2 heterocycles. The Bertz CT molecular complexity index is 1510. The Morgan fingerprint density at radius 3 is 2.49 bits per heavy atom. The van der Waals surface area contributed by atoms with Crippen LogP contribution in [0.4, 0.5) is 0 Å². The van der Waals surface area contributed by atoms with Crippen molar-refractivity contribution in [3.63, 3.8) is 0 Å². The molecule has 3 aliphatic rings. The van der Waals surface area contributed by atoms with Crippen molar-refractivity contribution in [2.24, 2.45) is 17.8 Å². The lowest BCUT2D eigenvalue weighted by Gasteiger charge is -2.42. The van der Waals surface area contributed by atoms with E-state index in [4.69, 9.17) is 4.65 Å². The van der Waals surface area contributed by atoms with Crippen LogP contribution in [0.15, 0.2) is 77.9 Å². The minimum Gasteiger partial charge on any atom is -0.507 e. The zero-order valence-corrected chi connectivity index (χ0v) is 22.2. The van der Waals surface area contributed by atoms with Crippen molar-refractivity contribution in [3.8, 4) is 5.75 Å². The molecule has 0 unspecified atom stereocenters. The summed E-state index contributed by atoms with van der Waals surface area (Å²) < 4.78 is 6.11. The lowest BCUT2D eigenvalue weighted by Crippen LogP contribution is -2.45. The molecule has 0 aromatic heterocycles. The predicted octanol–water partition coefficient (Wildman–Crippen LogP) is 5.31. The first-order valence-corrected chi connectivity index (χ1v) is 13.6. The molecule has 1 aliphatic carbocycles. The van der Waals surface area contributed by atoms with Crippen LogP contribution in [0.2, 0.25) is 6.32 Å². The van der Waals surface area contributed by atoms with Gasteiger partial charge in [-0.25, -0.2) is 0 Å². The van der Waals surface area contributed by atoms with Crippen LogP contribution in [0.1, 0.15) is 37.3 Å². The summed E-state index contributed by atoms with van der Waals surface area (Å²) in [6, 6.07) is 21.7. The van der Waals surface area contributed by atoms with Gasteiger partial charge in [-0.2, -0.15) is 0 Å². The normalized spacial score (nSPS) is 25.4. The van der Waals surface area contributed by atoms with E-state index in [9.17, 15) is 19.7 Å². The zero-order valence-electron chi connectivity index (χ0n) is 22.2. The fourth-order valence-electron chi connectivity index (χ4n) is 6.94. The summed E-state index contributed by atoms with van der Waals surface area (Å²) in [4.78, 5) is 27.1. The van der Waals surface area contributed by atoms with Gasteiger partial charge in [0.15, 0.2) is 0 Å². The van der Waals surface area contributed by atoms with Gasteiger partial charge < -0.3 is 14.8 Å². The number of phenolic OH excluding ortho intramolecular Hbond substituents is 1. The molecule has 7 heteroatoms. The maximum absolute atomic E-state index is 13.0. The molecular weight excluding hydrogens is 489 g/mol. The first-order chi connectivity index (χ1) is 18.8. The second kappa shape index (κ2) is 10.1. The van der Waals surface area contributed by atoms with Crippen molar-refractivity contribution in [1.29, 1.82) is 0 Å². The highest BCUT2D eigenvalue weighted by Crippen LogP contribution is 2.50. The number of phenols is 1. The quantitative estimate of drug-likeness (QED) is 0.206. The predicted molar refractivity (Wildman–Crippen MR) is 152 cm³/mol. The topological polar surface area (TPSA) is 87.1 Å². The summed E-state index contributed by atoms with van der Waals surface area (Å²) in [5.41, 5.74) is 5.41. The number of allylic oxidation sites excluding steroid dienone is 2. The first kappa shape index (κ1) is 25.6. The fourth-order valence-corrected chi connectivity index (χ4v) is 6.94. The minimum atomic E-state index is -0.977. The number of nitrogens with zero attached hydrogens (tertiary/aromatic N) is 1. The second-order valence-electron chi connectivity index (χ2n) is 11.0. The summed E-state index contributed by atoms with van der Waals surface area (Å²) in [5, 5.41) is 22.9. The lowest BCUT2D eigenvalue weighted by molar-refractivity contribution is -0.138. The van der Waals surface area contributed by atoms with Gasteiger partial charge in [0.05, 0.1) is 17.9 Å². The maximum atomic E-state index is 13.0. The number of benzene rings is 3. The average molecular weight is 521 g/mol. The SMILES string of the molecule is CC1=C2[C@@H](CC/C(=C/c3ccc(O)c4ccccc34)c3ccccc3)OB(O)C[C@@H]2[C@@H]2C(=O)N(C)C(=O)[C@@H]2C1. The number of hydrogen-bond donors (Lipinski definition) is 2. The summed E-state index contributed by atoms with van der Waals surface area (Å²) in [6.45, 7) is 2.04. The third kappa shape index (κ3) is 4.50. The lowest BCUT2D eigenvalue weighted by atomic mass is 9.58. The van der Waals surface area contributed by atoms with E-state index in [1.807, 2.05) is 55.5 Å². The van der Waals surface area contributed by atoms with Gasteiger partial charge in [-0.3, -0.25) is 14.5 Å². The summed E-state index contributed by atoms with van der Waals surface area (Å²) >= 11 is 0. The van der Waals surface area contributed by atoms with Gasteiger partial charge in [0.25, 0.3) is 0 Å². The van der Waals surface area contributed by atoms with Crippen molar-refractivity contribution in [2.75, 3.05) is 7.05 Å². The number of carbonyl (C=O) groups is 2. The van der Waals surface area contributed by atoms with E-state index in [1.54, 1.807) is 13.1 Å². The summed E-state index contributed by atoms with van der Waals surface area (Å²) in [5.74, 6) is -0.958. The molecule has 2 N–H and O–H groups in total. The van der Waals surface area contributed by atoms with Gasteiger partial charge in [-0.15, -0.1) is 0 Å². The van der Waals surface area contributed by atoms with Crippen LogP contribution in [0.5, 0.6) is 5.75 Å². The molecule has 39 heavy (non-hydrogen) atoms. The van der Waals surface area contributed by atoms with Crippen LogP contribution in [-0.4, -0.2) is 47.1 Å². The number of fused-ring (bicyclic) bond motifs is 4. The minimum absolute atomic E-state index is 0.114. The van der Waals surface area contributed by atoms with E-state index in [2.05, 4.69) is 18.2 Å². The molecule has 6 rings (SSSR count). The fraction of sp³-hybridized carbons (Fsp3) is 0.312. The van der Waals surface area contributed by atoms with Gasteiger partial charge in [0, 0.05) is 12.4 Å². The molecule has 2 fully saturated rings. The highest BCUT2D eigenvalue weighted by Gasteiger charge is 2.55. The molecule has 3 aromatic carbocycles. The number of carbonyl (C=O) groups excluding carboxylic acids is 2. The molecule has 2 amide bonds. The Labute approximate surface area is 228 Å². The monoisotopic (exact) mass is 521 g/mol. The van der Waals surface area contributed by atoms with E-state index in [-0.39, 0.29) is 35.5 Å². The van der Waals surface area contributed by atoms with E-state index < -0.39 is 13.0 Å². The van der Waals surface area contributed by atoms with Crippen LogP contribution in [-0.2, 0) is 14.2 Å². The second-order valence-corrected chi connectivity index (χ2v) is 11.0. The number of amides is 2. The largest absolute Gasteiger partial charge is 0.507 e. The van der Waals surface area contributed by atoms with Gasteiger partial charge in [0.1, 0.15) is 5.75 Å². The third-order valence-corrected chi connectivity index (χ3v) is 8.76. The van der Waals surface area contributed by atoms with Crippen molar-refractivity contribution in [2.45, 2.75) is 38.6 Å². The van der Waals surface area contributed by atoms with E-state index in [0.717, 1.165) is 38.6 Å². The molecule has 0 saturated carbocycles. The van der Waals surface area contributed by atoms with E-state index in [0.29, 0.717) is 25.6 Å². The molecule has 0 bridgehead atoms. The van der Waals surface area contributed by atoms with Gasteiger partial charge in [-0.1, -0.05) is 72.3 Å². The number of rotatable bonds is 5. The Morgan fingerprint density at radius 2 is 1.72 bits per heavy atom. The Morgan fingerprint density at radius 1 is 1.00 bits per heavy atom. The van der Waals surface area contributed by atoms with Crippen molar-refractivity contribution >= 4 is 41.4 Å². The van der Waals surface area contributed by atoms with Crippen molar-refractivity contribution in [3.05, 3.63) is 89.0 Å². The summed E-state index contributed by atoms with van der Waals surface area (Å²) in [7, 11) is 0.587. The van der Waals surface area contributed by atoms with Crippen LogP contribution < -0.4 is 0 Å². The van der Waals surface area contributed by atoms with E-state index >= 15 is 0 Å². The highest BCUT2D eigenvalue weighted by molar-refractivity contribution is 6.43. The molecule has 198 valence electrons.